The highest BCUT2D eigenvalue weighted by molar-refractivity contribution is 4.78. The minimum Gasteiger partial charge on any atom is -0.330 e. The van der Waals surface area contributed by atoms with Gasteiger partial charge in [-0.15, -0.1) is 0 Å². The van der Waals surface area contributed by atoms with E-state index in [-0.39, 0.29) is 13.1 Å². The van der Waals surface area contributed by atoms with Gasteiger partial charge in [0.25, 0.3) is 0 Å². The van der Waals surface area contributed by atoms with Crippen molar-refractivity contribution in [1.29, 1.82) is 0 Å². The summed E-state index contributed by atoms with van der Waals surface area (Å²) in [6.45, 7) is 0.474. The number of hydrogen-bond acceptors (Lipinski definition) is 2. The lowest BCUT2D eigenvalue weighted by Gasteiger charge is -2.24. The molecule has 14 heavy (non-hydrogen) atoms. The van der Waals surface area contributed by atoms with Gasteiger partial charge in [0.1, 0.15) is 0 Å². The van der Waals surface area contributed by atoms with Gasteiger partial charge in [0.15, 0.2) is 0 Å². The van der Waals surface area contributed by atoms with Crippen molar-refractivity contribution in [2.24, 2.45) is 17.6 Å². The molecular weight excluding hydrogens is 193 g/mol. The number of rotatable bonds is 5. The van der Waals surface area contributed by atoms with Crippen molar-refractivity contribution >= 4 is 0 Å². The second-order valence-electron chi connectivity index (χ2n) is 4.14. The van der Waals surface area contributed by atoms with Gasteiger partial charge in [-0.25, -0.2) is 0 Å². The first-order valence-corrected chi connectivity index (χ1v) is 4.88. The maximum Gasteiger partial charge on any atom is 0.394 e. The molecule has 1 fully saturated rings. The molecule has 84 valence electrons. The minimum atomic E-state index is -4.16. The second kappa shape index (κ2) is 4.49. The Hall–Kier alpha value is -0.290. The fraction of sp³-hybridized carbons (Fsp3) is 1.00. The average Bonchev–Trinajstić information content (AvgIpc) is 2.81. The second-order valence-corrected chi connectivity index (χ2v) is 4.14. The van der Waals surface area contributed by atoms with Crippen molar-refractivity contribution in [3.63, 3.8) is 0 Å². The van der Waals surface area contributed by atoms with E-state index in [2.05, 4.69) is 0 Å². The van der Waals surface area contributed by atoms with Crippen LogP contribution in [0, 0.1) is 11.8 Å². The summed E-state index contributed by atoms with van der Waals surface area (Å²) in [4.78, 5) is 1.74. The molecule has 5 heteroatoms. The summed E-state index contributed by atoms with van der Waals surface area (Å²) in [5.74, 6) is -0.766. The average molecular weight is 210 g/mol. The normalized spacial score (nSPS) is 20.1. The highest BCUT2D eigenvalue weighted by Crippen LogP contribution is 2.31. The van der Waals surface area contributed by atoms with Gasteiger partial charge in [-0.1, -0.05) is 0 Å². The Labute approximate surface area is 82.2 Å². The molecule has 2 N–H and O–H groups in total. The molecule has 0 saturated heterocycles. The maximum atomic E-state index is 12.3. The Morgan fingerprint density at radius 1 is 1.43 bits per heavy atom. The standard InChI is InChI=1S/C9H17F3N2/c1-14(5-7-2-3-7)6-8(4-13)9(10,11)12/h7-8H,2-6,13H2,1H3. The van der Waals surface area contributed by atoms with Gasteiger partial charge in [0.2, 0.25) is 0 Å². The Morgan fingerprint density at radius 3 is 2.36 bits per heavy atom. The number of hydrogen-bond donors (Lipinski definition) is 1. The zero-order valence-corrected chi connectivity index (χ0v) is 8.35. The summed E-state index contributed by atoms with van der Waals surface area (Å²) in [5, 5.41) is 0. The third-order valence-electron chi connectivity index (χ3n) is 2.55. The van der Waals surface area contributed by atoms with Gasteiger partial charge in [-0.3, -0.25) is 0 Å². The predicted octanol–water partition coefficient (Wildman–Crippen LogP) is 1.47. The smallest absolute Gasteiger partial charge is 0.330 e. The largest absolute Gasteiger partial charge is 0.394 e. The van der Waals surface area contributed by atoms with Crippen LogP contribution in [0.3, 0.4) is 0 Å². The third-order valence-corrected chi connectivity index (χ3v) is 2.55. The lowest BCUT2D eigenvalue weighted by atomic mass is 10.1. The molecule has 0 radical (unpaired) electrons. The van der Waals surface area contributed by atoms with Crippen molar-refractivity contribution in [3.8, 4) is 0 Å². The lowest BCUT2D eigenvalue weighted by molar-refractivity contribution is -0.175. The number of nitrogens with two attached hydrogens (primary N) is 1. The van der Waals surface area contributed by atoms with Crippen molar-refractivity contribution in [2.75, 3.05) is 26.7 Å². The molecule has 0 spiro atoms. The first-order valence-electron chi connectivity index (χ1n) is 4.88. The summed E-state index contributed by atoms with van der Waals surface area (Å²) < 4.78 is 37.0. The van der Waals surface area contributed by atoms with Gasteiger partial charge in [-0.05, 0) is 25.8 Å². The highest BCUT2D eigenvalue weighted by atomic mass is 19.4. The molecular formula is C9H17F3N2. The molecule has 1 unspecified atom stereocenters. The van der Waals surface area contributed by atoms with Crippen LogP contribution in [0.5, 0.6) is 0 Å². The summed E-state index contributed by atoms with van der Waals surface area (Å²) in [5.41, 5.74) is 5.11. The Kier molecular flexibility index (Phi) is 3.78. The molecule has 2 nitrogen and oxygen atoms in total. The van der Waals surface area contributed by atoms with Gasteiger partial charge in [0.05, 0.1) is 5.92 Å². The molecule has 1 atom stereocenters. The van der Waals surface area contributed by atoms with E-state index >= 15 is 0 Å². The molecule has 0 aromatic carbocycles. The summed E-state index contributed by atoms with van der Waals surface area (Å²) in [6.07, 6.45) is -1.85. The topological polar surface area (TPSA) is 29.3 Å². The van der Waals surface area contributed by atoms with Gasteiger partial charge in [0, 0.05) is 19.6 Å². The predicted molar refractivity (Wildman–Crippen MR) is 48.8 cm³/mol. The van der Waals surface area contributed by atoms with Crippen molar-refractivity contribution in [1.82, 2.24) is 4.90 Å². The van der Waals surface area contributed by atoms with E-state index in [4.69, 9.17) is 5.73 Å². The minimum absolute atomic E-state index is 0.0243. The van der Waals surface area contributed by atoms with Crippen LogP contribution in [0.15, 0.2) is 0 Å². The molecule has 0 aromatic heterocycles. The number of nitrogens with zero attached hydrogens (tertiary/aromatic N) is 1. The molecule has 0 heterocycles. The van der Waals surface area contributed by atoms with Crippen LogP contribution in [0.1, 0.15) is 12.8 Å². The highest BCUT2D eigenvalue weighted by Gasteiger charge is 2.39. The van der Waals surface area contributed by atoms with Crippen LogP contribution in [0.25, 0.3) is 0 Å². The van der Waals surface area contributed by atoms with Crippen molar-refractivity contribution < 1.29 is 13.2 Å². The van der Waals surface area contributed by atoms with Crippen LogP contribution < -0.4 is 5.73 Å². The van der Waals surface area contributed by atoms with E-state index in [1.165, 1.54) is 0 Å². The summed E-state index contributed by atoms with van der Waals surface area (Å²) in [6, 6.07) is 0. The first-order chi connectivity index (χ1) is 6.43. The number of alkyl halides is 3. The van der Waals surface area contributed by atoms with Crippen molar-refractivity contribution in [3.05, 3.63) is 0 Å². The van der Waals surface area contributed by atoms with Crippen LogP contribution in [-0.4, -0.2) is 37.8 Å². The third kappa shape index (κ3) is 3.84. The van der Waals surface area contributed by atoms with Crippen LogP contribution in [0.2, 0.25) is 0 Å². The zero-order valence-electron chi connectivity index (χ0n) is 8.35. The molecule has 0 amide bonds. The van der Waals surface area contributed by atoms with Crippen LogP contribution in [0.4, 0.5) is 13.2 Å². The fourth-order valence-electron chi connectivity index (χ4n) is 1.50. The Balaban J connectivity index is 2.30. The molecule has 0 bridgehead atoms. The Morgan fingerprint density at radius 2 is 2.00 bits per heavy atom. The SMILES string of the molecule is CN(CC1CC1)CC(CN)C(F)(F)F. The monoisotopic (exact) mass is 210 g/mol. The van der Waals surface area contributed by atoms with Crippen molar-refractivity contribution in [2.45, 2.75) is 19.0 Å². The van der Waals surface area contributed by atoms with E-state index in [1.807, 2.05) is 0 Å². The van der Waals surface area contributed by atoms with Gasteiger partial charge < -0.3 is 10.6 Å². The van der Waals surface area contributed by atoms with E-state index in [1.54, 1.807) is 11.9 Å². The fourth-order valence-corrected chi connectivity index (χ4v) is 1.50. The quantitative estimate of drug-likeness (QED) is 0.744. The van der Waals surface area contributed by atoms with E-state index in [0.717, 1.165) is 19.4 Å². The van der Waals surface area contributed by atoms with Crippen LogP contribution in [-0.2, 0) is 0 Å². The molecule has 1 rings (SSSR count). The molecule has 1 aliphatic carbocycles. The van der Waals surface area contributed by atoms with E-state index in [0.29, 0.717) is 5.92 Å². The summed E-state index contributed by atoms with van der Waals surface area (Å²) in [7, 11) is 1.73. The summed E-state index contributed by atoms with van der Waals surface area (Å²) >= 11 is 0. The van der Waals surface area contributed by atoms with E-state index in [9.17, 15) is 13.2 Å². The molecule has 1 aliphatic rings. The van der Waals surface area contributed by atoms with Gasteiger partial charge in [-0.2, -0.15) is 13.2 Å². The maximum absolute atomic E-state index is 12.3. The first kappa shape index (κ1) is 11.8. The Bertz CT molecular complexity index is 177. The lowest BCUT2D eigenvalue weighted by Crippen LogP contribution is -2.40. The van der Waals surface area contributed by atoms with E-state index < -0.39 is 12.1 Å². The zero-order chi connectivity index (χ0) is 10.8. The molecule has 1 saturated carbocycles. The number of halogens is 3. The van der Waals surface area contributed by atoms with Gasteiger partial charge >= 0.3 is 6.18 Å². The van der Waals surface area contributed by atoms with Crippen LogP contribution >= 0.6 is 0 Å². The molecule has 0 aromatic rings. The molecule has 0 aliphatic heterocycles.